The number of rotatable bonds is 0. The molecule has 0 unspecified atom stereocenters. The molecule has 0 amide bonds. The van der Waals surface area contributed by atoms with Crippen LogP contribution in [0, 0.1) is 0 Å². The Hall–Kier alpha value is -1.22. The molecule has 0 aliphatic carbocycles. The third-order valence-electron chi connectivity index (χ3n) is 1.30. The number of benzene rings is 1. The first-order valence-electron chi connectivity index (χ1n) is 3.03. The maximum Gasteiger partial charge on any atom is 0.206 e. The zero-order valence-electron chi connectivity index (χ0n) is 5.47. The van der Waals surface area contributed by atoms with Gasteiger partial charge < -0.3 is 4.84 Å². The summed E-state index contributed by atoms with van der Waals surface area (Å²) >= 11 is 5.71. The maximum absolute atomic E-state index is 5.71. The summed E-state index contributed by atoms with van der Waals surface area (Å²) in [6.07, 6.45) is 2.47. The summed E-state index contributed by atoms with van der Waals surface area (Å²) in [5, 5.41) is 0.627. The highest BCUT2D eigenvalue weighted by Gasteiger charge is 2.06. The highest BCUT2D eigenvalue weighted by molar-refractivity contribution is 6.30. The first-order valence-corrected chi connectivity index (χ1v) is 3.41. The fourth-order valence-electron chi connectivity index (χ4n) is 0.823. The van der Waals surface area contributed by atoms with Crippen molar-refractivity contribution in [1.82, 2.24) is 5.48 Å². The second-order valence-electron chi connectivity index (χ2n) is 2.04. The van der Waals surface area contributed by atoms with E-state index in [-0.39, 0.29) is 0 Å². The highest BCUT2D eigenvalue weighted by atomic mass is 35.5. The third kappa shape index (κ3) is 1.14. The van der Waals surface area contributed by atoms with Gasteiger partial charge in [-0.15, -0.1) is 0 Å². The molecule has 0 saturated heterocycles. The van der Waals surface area contributed by atoms with E-state index < -0.39 is 0 Å². The van der Waals surface area contributed by atoms with Crippen LogP contribution in [-0.2, 0) is 0 Å². The molecule has 2 rings (SSSR count). The van der Waals surface area contributed by atoms with Crippen molar-refractivity contribution in [3.05, 3.63) is 23.2 Å². The molecule has 1 N–H and O–H groups in total. The number of hydrogen-bond donors (Lipinski definition) is 1. The van der Waals surface area contributed by atoms with Crippen LogP contribution in [0.4, 0.5) is 5.69 Å². The van der Waals surface area contributed by atoms with Crippen LogP contribution in [0.2, 0.25) is 5.02 Å². The van der Waals surface area contributed by atoms with Gasteiger partial charge in [-0.1, -0.05) is 11.6 Å². The van der Waals surface area contributed by atoms with E-state index in [9.17, 15) is 0 Å². The fraction of sp³-hybridized carbons (Fsp3) is 0. The van der Waals surface area contributed by atoms with E-state index in [1.165, 1.54) is 0 Å². The van der Waals surface area contributed by atoms with Crippen molar-refractivity contribution in [3.8, 4) is 5.75 Å². The number of hydroxylamine groups is 1. The molecule has 0 bridgehead atoms. The summed E-state index contributed by atoms with van der Waals surface area (Å²) in [5.41, 5.74) is 3.12. The number of nitrogens with zero attached hydrogens (tertiary/aromatic N) is 1. The van der Waals surface area contributed by atoms with Crippen molar-refractivity contribution in [2.24, 2.45) is 4.99 Å². The van der Waals surface area contributed by atoms with Gasteiger partial charge in [0.2, 0.25) is 6.34 Å². The molecule has 1 aromatic rings. The second-order valence-corrected chi connectivity index (χ2v) is 2.48. The van der Waals surface area contributed by atoms with Gasteiger partial charge in [0.15, 0.2) is 5.75 Å². The topological polar surface area (TPSA) is 33.6 Å². The standard InChI is InChI=1S/C7H4ClN2O/c8-5-1-2-6-7(3-5)11-10-4-9-6/h1-3H,(H,9,10). The van der Waals surface area contributed by atoms with Crippen molar-refractivity contribution >= 4 is 23.6 Å². The van der Waals surface area contributed by atoms with Gasteiger partial charge in [-0.05, 0) is 12.1 Å². The monoisotopic (exact) mass is 167 g/mol. The molecular formula is C7H4ClN2O. The molecule has 55 valence electrons. The fourth-order valence-corrected chi connectivity index (χ4v) is 0.985. The van der Waals surface area contributed by atoms with E-state index in [2.05, 4.69) is 16.8 Å². The molecule has 0 atom stereocenters. The van der Waals surface area contributed by atoms with Gasteiger partial charge in [-0.25, -0.2) is 4.99 Å². The van der Waals surface area contributed by atoms with Crippen LogP contribution in [0.1, 0.15) is 0 Å². The largest absolute Gasteiger partial charge is 0.378 e. The number of hydrogen-bond acceptors (Lipinski definition) is 3. The molecule has 3 nitrogen and oxygen atoms in total. The van der Waals surface area contributed by atoms with Gasteiger partial charge in [0.1, 0.15) is 5.69 Å². The number of halogens is 1. The average Bonchev–Trinajstić information content (AvgIpc) is 2.04. The predicted molar refractivity (Wildman–Crippen MR) is 42.3 cm³/mol. The van der Waals surface area contributed by atoms with E-state index in [1.54, 1.807) is 18.2 Å². The van der Waals surface area contributed by atoms with Gasteiger partial charge in [0.05, 0.1) is 0 Å². The molecule has 1 aliphatic heterocycles. The second kappa shape index (κ2) is 2.43. The minimum Gasteiger partial charge on any atom is -0.378 e. The molecule has 4 heteroatoms. The van der Waals surface area contributed by atoms with E-state index in [0.717, 1.165) is 5.69 Å². The highest BCUT2D eigenvalue weighted by Crippen LogP contribution is 2.30. The molecule has 1 aromatic carbocycles. The summed E-state index contributed by atoms with van der Waals surface area (Å²) in [6.45, 7) is 0. The van der Waals surface area contributed by atoms with E-state index in [0.29, 0.717) is 10.8 Å². The summed E-state index contributed by atoms with van der Waals surface area (Å²) in [6, 6.07) is 5.21. The van der Waals surface area contributed by atoms with Crippen molar-refractivity contribution < 1.29 is 4.84 Å². The van der Waals surface area contributed by atoms with Crippen LogP contribution >= 0.6 is 11.6 Å². The zero-order chi connectivity index (χ0) is 7.68. The van der Waals surface area contributed by atoms with Crippen molar-refractivity contribution in [2.45, 2.75) is 0 Å². The quantitative estimate of drug-likeness (QED) is 0.639. The van der Waals surface area contributed by atoms with Crippen LogP contribution in [0.5, 0.6) is 5.75 Å². The van der Waals surface area contributed by atoms with Gasteiger partial charge >= 0.3 is 0 Å². The Balaban J connectivity index is 2.53. The van der Waals surface area contributed by atoms with Crippen LogP contribution in [0.25, 0.3) is 0 Å². The predicted octanol–water partition coefficient (Wildman–Crippen LogP) is 1.77. The lowest BCUT2D eigenvalue weighted by atomic mass is 10.3. The zero-order valence-corrected chi connectivity index (χ0v) is 6.22. The lowest BCUT2D eigenvalue weighted by molar-refractivity contribution is 0.264. The lowest BCUT2D eigenvalue weighted by Crippen LogP contribution is -2.18. The molecule has 1 heterocycles. The Kier molecular flexibility index (Phi) is 1.43. The Morgan fingerprint density at radius 2 is 2.45 bits per heavy atom. The van der Waals surface area contributed by atoms with Gasteiger partial charge in [-0.3, -0.25) is 0 Å². The lowest BCUT2D eigenvalue weighted by Gasteiger charge is -2.10. The molecule has 0 spiro atoms. The van der Waals surface area contributed by atoms with Crippen molar-refractivity contribution in [1.29, 1.82) is 0 Å². The smallest absolute Gasteiger partial charge is 0.206 e. The number of aliphatic imine (C=N–C) groups is 1. The summed E-state index contributed by atoms with van der Waals surface area (Å²) in [7, 11) is 0. The summed E-state index contributed by atoms with van der Waals surface area (Å²) in [4.78, 5) is 8.85. The number of nitrogens with one attached hydrogen (secondary N) is 1. The summed E-state index contributed by atoms with van der Waals surface area (Å²) < 4.78 is 0. The molecule has 0 fully saturated rings. The first kappa shape index (κ1) is 6.49. The Labute approximate surface area is 68.6 Å². The van der Waals surface area contributed by atoms with Gasteiger partial charge in [0, 0.05) is 11.1 Å². The molecular weight excluding hydrogens is 164 g/mol. The van der Waals surface area contributed by atoms with Gasteiger partial charge in [-0.2, -0.15) is 5.48 Å². The summed E-state index contributed by atoms with van der Waals surface area (Å²) in [5.74, 6) is 0.622. The van der Waals surface area contributed by atoms with Crippen LogP contribution in [0.15, 0.2) is 23.2 Å². The maximum atomic E-state index is 5.71. The van der Waals surface area contributed by atoms with E-state index >= 15 is 0 Å². The van der Waals surface area contributed by atoms with E-state index in [1.807, 2.05) is 0 Å². The van der Waals surface area contributed by atoms with E-state index in [4.69, 9.17) is 16.4 Å². The number of fused-ring (bicyclic) bond motifs is 1. The van der Waals surface area contributed by atoms with Crippen LogP contribution < -0.4 is 10.3 Å². The Morgan fingerprint density at radius 3 is 3.36 bits per heavy atom. The molecule has 1 radical (unpaired) electrons. The molecule has 0 aromatic heterocycles. The first-order chi connectivity index (χ1) is 5.36. The molecule has 0 saturated carbocycles. The van der Waals surface area contributed by atoms with Crippen molar-refractivity contribution in [3.63, 3.8) is 0 Å². The van der Waals surface area contributed by atoms with Crippen molar-refractivity contribution in [2.75, 3.05) is 0 Å². The normalized spacial score (nSPS) is 13.2. The SMILES string of the molecule is Clc1ccc2c(c1)ON[C]=N2. The minimum atomic E-state index is 0.622. The Bertz CT molecular complexity index is 311. The van der Waals surface area contributed by atoms with Gasteiger partial charge in [0.25, 0.3) is 0 Å². The average molecular weight is 168 g/mol. The minimum absolute atomic E-state index is 0.622. The third-order valence-corrected chi connectivity index (χ3v) is 1.54. The molecule has 11 heavy (non-hydrogen) atoms. The van der Waals surface area contributed by atoms with Crippen LogP contribution in [0.3, 0.4) is 0 Å². The Morgan fingerprint density at radius 1 is 1.55 bits per heavy atom. The van der Waals surface area contributed by atoms with Crippen LogP contribution in [-0.4, -0.2) is 6.34 Å². The molecule has 1 aliphatic rings.